The van der Waals surface area contributed by atoms with Crippen LogP contribution in [0.3, 0.4) is 0 Å². The normalized spacial score (nSPS) is 12.3. The highest BCUT2D eigenvalue weighted by molar-refractivity contribution is 6.90. The summed E-state index contributed by atoms with van der Waals surface area (Å²) in [5, 5.41) is 9.34. The third kappa shape index (κ3) is 3.43. The summed E-state index contributed by atoms with van der Waals surface area (Å²) in [6, 6.07) is 25.0. The number of fused-ring (bicyclic) bond motifs is 4. The van der Waals surface area contributed by atoms with E-state index >= 15 is 0 Å². The predicted molar refractivity (Wildman–Crippen MR) is 144 cm³/mol. The van der Waals surface area contributed by atoms with E-state index in [0.29, 0.717) is 5.92 Å². The predicted octanol–water partition coefficient (Wildman–Crippen LogP) is 8.19. The van der Waals surface area contributed by atoms with Gasteiger partial charge in [0.15, 0.2) is 0 Å². The van der Waals surface area contributed by atoms with Gasteiger partial charge in [0.25, 0.3) is 0 Å². The van der Waals surface area contributed by atoms with Crippen molar-refractivity contribution in [1.29, 1.82) is 0 Å². The molecule has 0 fully saturated rings. The maximum atomic E-state index is 4.90. The van der Waals surface area contributed by atoms with Crippen LogP contribution in [0.25, 0.3) is 43.6 Å². The van der Waals surface area contributed by atoms with Gasteiger partial charge in [-0.1, -0.05) is 93.3 Å². The number of hydrogen-bond acceptors (Lipinski definition) is 1. The summed E-state index contributed by atoms with van der Waals surface area (Å²) < 4.78 is 0. The summed E-state index contributed by atoms with van der Waals surface area (Å²) in [5.41, 5.74) is 5.10. The average molecular weight is 434 g/mol. The lowest BCUT2D eigenvalue weighted by Gasteiger charge is -2.21. The minimum Gasteiger partial charge on any atom is -0.256 e. The Labute approximate surface area is 192 Å². The molecule has 1 nitrogen and oxygen atoms in total. The Balaban J connectivity index is 1.81. The fourth-order valence-corrected chi connectivity index (χ4v) is 6.71. The summed E-state index contributed by atoms with van der Waals surface area (Å²) in [6.45, 7) is 14.1. The van der Waals surface area contributed by atoms with E-state index < -0.39 is 8.07 Å². The molecule has 0 bridgehead atoms. The zero-order valence-electron chi connectivity index (χ0n) is 20.0. The fourth-order valence-electron chi connectivity index (χ4n) is 5.08. The van der Waals surface area contributed by atoms with Gasteiger partial charge in [0.1, 0.15) is 0 Å². The highest BCUT2D eigenvalue weighted by atomic mass is 28.3. The van der Waals surface area contributed by atoms with Gasteiger partial charge in [0.2, 0.25) is 0 Å². The van der Waals surface area contributed by atoms with Gasteiger partial charge in [-0.2, -0.15) is 0 Å². The first-order valence-corrected chi connectivity index (χ1v) is 15.1. The van der Waals surface area contributed by atoms with Crippen LogP contribution in [0, 0.1) is 6.92 Å². The lowest BCUT2D eigenvalue weighted by atomic mass is 9.91. The first-order chi connectivity index (χ1) is 15.2. The molecule has 0 aliphatic rings. The Morgan fingerprint density at radius 2 is 1.47 bits per heavy atom. The van der Waals surface area contributed by atoms with E-state index in [1.807, 2.05) is 6.20 Å². The summed E-state index contributed by atoms with van der Waals surface area (Å²) in [7, 11) is -1.53. The number of nitrogens with zero attached hydrogens (tertiary/aromatic N) is 1. The van der Waals surface area contributed by atoms with E-state index in [9.17, 15) is 0 Å². The minimum absolute atomic E-state index is 0.528. The van der Waals surface area contributed by atoms with Crippen LogP contribution < -0.4 is 5.19 Å². The van der Waals surface area contributed by atoms with Crippen molar-refractivity contribution in [2.24, 2.45) is 0 Å². The molecule has 160 valence electrons. The lowest BCUT2D eigenvalue weighted by Crippen LogP contribution is -2.38. The first-order valence-electron chi connectivity index (χ1n) is 11.6. The van der Waals surface area contributed by atoms with Gasteiger partial charge < -0.3 is 0 Å². The Hall–Kier alpha value is -2.97. The van der Waals surface area contributed by atoms with Crippen LogP contribution >= 0.6 is 0 Å². The third-order valence-electron chi connectivity index (χ3n) is 6.71. The van der Waals surface area contributed by atoms with Crippen molar-refractivity contribution < 1.29 is 0 Å². The van der Waals surface area contributed by atoms with Crippen LogP contribution in [0.5, 0.6) is 0 Å². The maximum Gasteiger partial charge on any atom is 0.0784 e. The number of aromatic nitrogens is 1. The maximum absolute atomic E-state index is 4.90. The monoisotopic (exact) mass is 433 g/mol. The molecule has 5 rings (SSSR count). The Morgan fingerprint density at radius 3 is 2.22 bits per heavy atom. The SMILES string of the molecule is Cc1cc2c(ccc3c(-c4cc([Si](C)(C)C)c5ccccc5c4)nccc32)cc1C(C)C. The van der Waals surface area contributed by atoms with Crippen LogP contribution in [-0.2, 0) is 0 Å². The van der Waals surface area contributed by atoms with Crippen molar-refractivity contribution in [1.82, 2.24) is 4.98 Å². The zero-order chi connectivity index (χ0) is 22.6. The van der Waals surface area contributed by atoms with Crippen LogP contribution in [0.15, 0.2) is 72.9 Å². The van der Waals surface area contributed by atoms with Gasteiger partial charge in [-0.25, -0.2) is 0 Å². The molecule has 0 amide bonds. The summed E-state index contributed by atoms with van der Waals surface area (Å²) >= 11 is 0. The minimum atomic E-state index is -1.53. The van der Waals surface area contributed by atoms with Gasteiger partial charge in [0.05, 0.1) is 13.8 Å². The quantitative estimate of drug-likeness (QED) is 0.206. The third-order valence-corrected chi connectivity index (χ3v) is 8.74. The zero-order valence-corrected chi connectivity index (χ0v) is 21.0. The molecular weight excluding hydrogens is 402 g/mol. The summed E-state index contributed by atoms with van der Waals surface area (Å²) in [6.07, 6.45) is 1.98. The molecule has 0 N–H and O–H groups in total. The number of rotatable bonds is 3. The second-order valence-corrected chi connectivity index (χ2v) is 15.4. The van der Waals surface area contributed by atoms with E-state index in [4.69, 9.17) is 4.98 Å². The number of benzene rings is 4. The van der Waals surface area contributed by atoms with E-state index in [-0.39, 0.29) is 0 Å². The van der Waals surface area contributed by atoms with Crippen molar-refractivity contribution in [2.75, 3.05) is 0 Å². The van der Waals surface area contributed by atoms with Crippen molar-refractivity contribution in [3.8, 4) is 11.3 Å². The van der Waals surface area contributed by atoms with Crippen LogP contribution in [0.2, 0.25) is 19.6 Å². The molecule has 0 saturated carbocycles. The molecule has 0 aliphatic heterocycles. The molecule has 0 unspecified atom stereocenters. The number of hydrogen-bond donors (Lipinski definition) is 0. The Kier molecular flexibility index (Phi) is 4.94. The van der Waals surface area contributed by atoms with Crippen LogP contribution in [-0.4, -0.2) is 13.1 Å². The largest absolute Gasteiger partial charge is 0.256 e. The molecule has 0 radical (unpaired) electrons. The van der Waals surface area contributed by atoms with Crippen LogP contribution in [0.4, 0.5) is 0 Å². The van der Waals surface area contributed by atoms with E-state index in [1.165, 1.54) is 54.2 Å². The molecule has 5 aromatic rings. The standard InChI is InChI=1S/C30H31NSi/c1-19(2)27-17-22-11-12-26-25(28(22)15-20(27)3)13-14-31-30(26)23-16-21-9-7-8-10-24(21)29(18-23)32(4,5)6/h7-19H,1-6H3. The highest BCUT2D eigenvalue weighted by Crippen LogP contribution is 2.35. The molecule has 2 heteroatoms. The van der Waals surface area contributed by atoms with E-state index in [1.54, 1.807) is 0 Å². The number of aryl methyl sites for hydroxylation is 1. The Bertz CT molecular complexity index is 1490. The Morgan fingerprint density at radius 1 is 0.719 bits per heavy atom. The van der Waals surface area contributed by atoms with E-state index in [2.05, 4.69) is 107 Å². The first kappa shape index (κ1) is 20.9. The second kappa shape index (κ2) is 7.56. The molecule has 1 heterocycles. The fraction of sp³-hybridized carbons (Fsp3) is 0.233. The molecular formula is C30H31NSi. The molecule has 0 aliphatic carbocycles. The lowest BCUT2D eigenvalue weighted by molar-refractivity contribution is 0.859. The van der Waals surface area contributed by atoms with Gasteiger partial charge in [-0.15, -0.1) is 0 Å². The van der Waals surface area contributed by atoms with E-state index in [0.717, 1.165) is 5.69 Å². The van der Waals surface area contributed by atoms with Gasteiger partial charge in [-0.05, 0) is 63.0 Å². The molecule has 4 aromatic carbocycles. The van der Waals surface area contributed by atoms with Gasteiger partial charge >= 0.3 is 0 Å². The average Bonchev–Trinajstić information content (AvgIpc) is 2.76. The van der Waals surface area contributed by atoms with Gasteiger partial charge in [0, 0.05) is 17.1 Å². The molecule has 0 spiro atoms. The second-order valence-electron chi connectivity index (χ2n) is 10.4. The summed E-state index contributed by atoms with van der Waals surface area (Å²) in [5.74, 6) is 0.528. The van der Waals surface area contributed by atoms with Crippen molar-refractivity contribution in [2.45, 2.75) is 46.3 Å². The van der Waals surface area contributed by atoms with Crippen LogP contribution in [0.1, 0.15) is 30.9 Å². The van der Waals surface area contributed by atoms with Crippen molar-refractivity contribution in [3.05, 3.63) is 84.1 Å². The highest BCUT2D eigenvalue weighted by Gasteiger charge is 2.21. The van der Waals surface area contributed by atoms with Gasteiger partial charge in [-0.3, -0.25) is 4.98 Å². The van der Waals surface area contributed by atoms with Crippen molar-refractivity contribution in [3.63, 3.8) is 0 Å². The van der Waals surface area contributed by atoms with Crippen molar-refractivity contribution >= 4 is 45.6 Å². The molecule has 1 aromatic heterocycles. The number of pyridine rings is 1. The molecule has 0 saturated heterocycles. The summed E-state index contributed by atoms with van der Waals surface area (Å²) in [4.78, 5) is 4.90. The topological polar surface area (TPSA) is 12.9 Å². The smallest absolute Gasteiger partial charge is 0.0784 e. The molecule has 0 atom stereocenters. The molecule has 32 heavy (non-hydrogen) atoms.